The molecule has 0 aliphatic carbocycles. The third-order valence-electron chi connectivity index (χ3n) is 2.80. The summed E-state index contributed by atoms with van der Waals surface area (Å²) in [6, 6.07) is 8.12. The van der Waals surface area contributed by atoms with Gasteiger partial charge in [0.1, 0.15) is 5.82 Å². The topological polar surface area (TPSA) is 50.7 Å². The third-order valence-corrected chi connectivity index (χ3v) is 3.65. The monoisotopic (exact) mass is 286 g/mol. The lowest BCUT2D eigenvalue weighted by atomic mass is 10.1. The number of thiazole rings is 1. The maximum Gasteiger partial charge on any atom is 0.222 e. The van der Waals surface area contributed by atoms with Gasteiger partial charge in [-0.15, -0.1) is 11.3 Å². The Labute approximate surface area is 119 Å². The molecule has 0 spiro atoms. The van der Waals surface area contributed by atoms with Crippen molar-refractivity contribution in [3.63, 3.8) is 0 Å². The lowest BCUT2D eigenvalue weighted by Gasteiger charge is -2.04. The number of hydrogen-bond acceptors (Lipinski definition) is 5. The molecule has 1 N–H and O–H groups in total. The Hall–Kier alpha value is -2.34. The van der Waals surface area contributed by atoms with E-state index in [2.05, 4.69) is 20.3 Å². The van der Waals surface area contributed by atoms with Crippen LogP contribution in [-0.4, -0.2) is 22.0 Å². The zero-order valence-electron chi connectivity index (χ0n) is 10.7. The van der Waals surface area contributed by atoms with Gasteiger partial charge in [0.25, 0.3) is 0 Å². The molecule has 0 saturated heterocycles. The fraction of sp³-hybridized carbons (Fsp3) is 0.0714. The molecule has 0 atom stereocenters. The van der Waals surface area contributed by atoms with Crippen molar-refractivity contribution in [1.82, 2.24) is 15.0 Å². The molecule has 0 aliphatic heterocycles. The number of aromatic nitrogens is 3. The summed E-state index contributed by atoms with van der Waals surface area (Å²) in [6.45, 7) is 0. The largest absolute Gasteiger partial charge is 0.357 e. The quantitative estimate of drug-likeness (QED) is 0.801. The number of anilines is 1. The zero-order valence-corrected chi connectivity index (χ0v) is 11.5. The number of rotatable bonds is 3. The van der Waals surface area contributed by atoms with Crippen molar-refractivity contribution in [2.45, 2.75) is 0 Å². The Kier molecular flexibility index (Phi) is 3.39. The fourth-order valence-electron chi connectivity index (χ4n) is 1.85. The molecule has 4 nitrogen and oxygen atoms in total. The molecule has 2 heterocycles. The van der Waals surface area contributed by atoms with Crippen LogP contribution >= 0.6 is 11.3 Å². The Morgan fingerprint density at radius 1 is 1.10 bits per heavy atom. The molecule has 0 bridgehead atoms. The maximum atomic E-state index is 13.0. The normalized spacial score (nSPS) is 10.5. The Balaban J connectivity index is 2.07. The van der Waals surface area contributed by atoms with Crippen LogP contribution in [0.3, 0.4) is 0 Å². The lowest BCUT2D eigenvalue weighted by Crippen LogP contribution is -1.96. The predicted molar refractivity (Wildman–Crippen MR) is 78.1 cm³/mol. The smallest absolute Gasteiger partial charge is 0.222 e. The minimum Gasteiger partial charge on any atom is -0.357 e. The van der Waals surface area contributed by atoms with Crippen molar-refractivity contribution in [3.05, 3.63) is 47.9 Å². The van der Waals surface area contributed by atoms with Crippen LogP contribution < -0.4 is 5.32 Å². The first-order valence-electron chi connectivity index (χ1n) is 5.98. The van der Waals surface area contributed by atoms with E-state index >= 15 is 0 Å². The van der Waals surface area contributed by atoms with Gasteiger partial charge in [-0.2, -0.15) is 0 Å². The summed E-state index contributed by atoms with van der Waals surface area (Å²) in [7, 11) is 1.77. The van der Waals surface area contributed by atoms with E-state index in [1.54, 1.807) is 30.9 Å². The van der Waals surface area contributed by atoms with Gasteiger partial charge in [-0.1, -0.05) is 0 Å². The Bertz CT molecular complexity index is 724. The summed E-state index contributed by atoms with van der Waals surface area (Å²) in [5, 5.41) is 2.91. The molecular weight excluding hydrogens is 275 g/mol. The van der Waals surface area contributed by atoms with Gasteiger partial charge in [0.15, 0.2) is 0 Å². The van der Waals surface area contributed by atoms with E-state index < -0.39 is 0 Å². The molecule has 0 radical (unpaired) electrons. The van der Waals surface area contributed by atoms with Crippen LogP contribution in [0.15, 0.2) is 42.0 Å². The number of hydrogen-bond donors (Lipinski definition) is 1. The van der Waals surface area contributed by atoms with Crippen LogP contribution in [0.25, 0.3) is 21.8 Å². The number of halogens is 1. The van der Waals surface area contributed by atoms with Crippen LogP contribution in [0.2, 0.25) is 0 Å². The summed E-state index contributed by atoms with van der Waals surface area (Å²) >= 11 is 1.50. The van der Waals surface area contributed by atoms with Gasteiger partial charge >= 0.3 is 0 Å². The second-order valence-electron chi connectivity index (χ2n) is 4.05. The van der Waals surface area contributed by atoms with Crippen molar-refractivity contribution in [2.75, 3.05) is 12.4 Å². The van der Waals surface area contributed by atoms with Gasteiger partial charge in [0.05, 0.1) is 21.8 Å². The standard InChI is InChI=1S/C14H11FN4S/c1-16-14-17-7-6-11(19-14)13-12(18-8-20-13)9-2-4-10(15)5-3-9/h2-8H,1H3,(H,16,17,19). The molecular formula is C14H11FN4S. The molecule has 6 heteroatoms. The summed E-state index contributed by atoms with van der Waals surface area (Å²) in [6.07, 6.45) is 1.70. The molecule has 1 aromatic carbocycles. The first-order chi connectivity index (χ1) is 9.78. The molecule has 0 amide bonds. The van der Waals surface area contributed by atoms with Gasteiger partial charge in [-0.25, -0.2) is 19.3 Å². The molecule has 0 aliphatic rings. The highest BCUT2D eigenvalue weighted by molar-refractivity contribution is 7.13. The average Bonchev–Trinajstić information content (AvgIpc) is 2.97. The highest BCUT2D eigenvalue weighted by Gasteiger charge is 2.12. The van der Waals surface area contributed by atoms with Crippen LogP contribution in [0.5, 0.6) is 0 Å². The van der Waals surface area contributed by atoms with Gasteiger partial charge in [-0.3, -0.25) is 0 Å². The van der Waals surface area contributed by atoms with Crippen molar-refractivity contribution in [2.24, 2.45) is 0 Å². The molecule has 3 aromatic rings. The summed E-state index contributed by atoms with van der Waals surface area (Å²) in [5.41, 5.74) is 4.23. The first-order valence-corrected chi connectivity index (χ1v) is 6.86. The average molecular weight is 286 g/mol. The van der Waals surface area contributed by atoms with E-state index in [-0.39, 0.29) is 5.82 Å². The van der Waals surface area contributed by atoms with Crippen LogP contribution in [0, 0.1) is 5.82 Å². The van der Waals surface area contributed by atoms with Gasteiger partial charge in [0, 0.05) is 18.8 Å². The second kappa shape index (κ2) is 5.34. The number of nitrogens with one attached hydrogen (secondary N) is 1. The highest BCUT2D eigenvalue weighted by atomic mass is 32.1. The maximum absolute atomic E-state index is 13.0. The molecule has 2 aromatic heterocycles. The molecule has 0 fully saturated rings. The molecule has 3 rings (SSSR count). The van der Waals surface area contributed by atoms with Crippen LogP contribution in [-0.2, 0) is 0 Å². The van der Waals surface area contributed by atoms with E-state index in [0.717, 1.165) is 21.8 Å². The minimum atomic E-state index is -0.259. The molecule has 100 valence electrons. The summed E-state index contributed by atoms with van der Waals surface area (Å²) in [5.74, 6) is 0.297. The molecule has 0 unspecified atom stereocenters. The van der Waals surface area contributed by atoms with Crippen molar-refractivity contribution in [3.8, 4) is 21.8 Å². The van der Waals surface area contributed by atoms with Crippen molar-refractivity contribution >= 4 is 17.3 Å². The fourth-order valence-corrected chi connectivity index (χ4v) is 2.63. The predicted octanol–water partition coefficient (Wildman–Crippen LogP) is 3.45. The first kappa shape index (κ1) is 12.7. The highest BCUT2D eigenvalue weighted by Crippen LogP contribution is 2.33. The minimum absolute atomic E-state index is 0.259. The zero-order chi connectivity index (χ0) is 13.9. The lowest BCUT2D eigenvalue weighted by molar-refractivity contribution is 0.628. The SMILES string of the molecule is CNc1nccc(-c2scnc2-c2ccc(F)cc2)n1. The Morgan fingerprint density at radius 2 is 1.90 bits per heavy atom. The Morgan fingerprint density at radius 3 is 2.65 bits per heavy atom. The third kappa shape index (κ3) is 2.37. The van der Waals surface area contributed by atoms with E-state index in [0.29, 0.717) is 5.95 Å². The second-order valence-corrected chi connectivity index (χ2v) is 4.91. The number of benzene rings is 1. The van der Waals surface area contributed by atoms with Crippen molar-refractivity contribution < 1.29 is 4.39 Å². The van der Waals surface area contributed by atoms with E-state index in [4.69, 9.17) is 0 Å². The summed E-state index contributed by atoms with van der Waals surface area (Å²) in [4.78, 5) is 13.8. The number of nitrogens with zero attached hydrogens (tertiary/aromatic N) is 3. The van der Waals surface area contributed by atoms with E-state index in [1.807, 2.05) is 6.07 Å². The molecule has 20 heavy (non-hydrogen) atoms. The van der Waals surface area contributed by atoms with E-state index in [1.165, 1.54) is 23.5 Å². The van der Waals surface area contributed by atoms with Crippen LogP contribution in [0.4, 0.5) is 10.3 Å². The van der Waals surface area contributed by atoms with Gasteiger partial charge < -0.3 is 5.32 Å². The molecule has 0 saturated carbocycles. The summed E-state index contributed by atoms with van der Waals surface area (Å²) < 4.78 is 13.0. The van der Waals surface area contributed by atoms with Crippen molar-refractivity contribution in [1.29, 1.82) is 0 Å². The van der Waals surface area contributed by atoms with Gasteiger partial charge in [0.2, 0.25) is 5.95 Å². The van der Waals surface area contributed by atoms with Gasteiger partial charge in [-0.05, 0) is 30.3 Å². The van der Waals surface area contributed by atoms with Crippen LogP contribution in [0.1, 0.15) is 0 Å². The van der Waals surface area contributed by atoms with E-state index in [9.17, 15) is 4.39 Å².